The van der Waals surface area contributed by atoms with Gasteiger partial charge in [-0.1, -0.05) is 0 Å². The van der Waals surface area contributed by atoms with Gasteiger partial charge < -0.3 is 0 Å². The van der Waals surface area contributed by atoms with Crippen LogP contribution in [0.5, 0.6) is 0 Å². The SMILES string of the molecule is O=C(NCC[Se](=O)CCNC(=O)Nc1ccccc1)Nc1ccccc1. The molecule has 0 atom stereocenters. The maximum atomic E-state index is 12.0. The number of amides is 4. The number of rotatable bonds is 8. The molecule has 2 aromatic carbocycles. The molecule has 2 aromatic rings. The van der Waals surface area contributed by atoms with Crippen LogP contribution in [0.3, 0.4) is 0 Å². The number of nitrogens with one attached hydrogen (secondary N) is 4. The zero-order valence-electron chi connectivity index (χ0n) is 14.2. The molecule has 0 aliphatic carbocycles. The summed E-state index contributed by atoms with van der Waals surface area (Å²) in [6, 6.07) is 17.6. The molecule has 4 amide bonds. The van der Waals surface area contributed by atoms with Crippen molar-refractivity contribution in [3.63, 3.8) is 0 Å². The van der Waals surface area contributed by atoms with Crippen LogP contribution in [0.2, 0.25) is 10.6 Å². The van der Waals surface area contributed by atoms with E-state index >= 15 is 0 Å². The quantitative estimate of drug-likeness (QED) is 0.493. The van der Waals surface area contributed by atoms with Crippen LogP contribution in [-0.2, 0) is 3.83 Å². The summed E-state index contributed by atoms with van der Waals surface area (Å²) in [5, 5.41) is 11.6. The van der Waals surface area contributed by atoms with Gasteiger partial charge in [-0.25, -0.2) is 0 Å². The van der Waals surface area contributed by atoms with Crippen molar-refractivity contribution in [3.8, 4) is 0 Å². The van der Waals surface area contributed by atoms with Crippen LogP contribution < -0.4 is 21.3 Å². The van der Waals surface area contributed by atoms with Gasteiger partial charge in [0.2, 0.25) is 0 Å². The molecule has 138 valence electrons. The summed E-state index contributed by atoms with van der Waals surface area (Å²) < 4.78 is 12.0. The van der Waals surface area contributed by atoms with Gasteiger partial charge in [0.15, 0.2) is 0 Å². The van der Waals surface area contributed by atoms with E-state index in [1.807, 2.05) is 36.4 Å². The molecule has 7 nitrogen and oxygen atoms in total. The number of anilines is 2. The molecule has 0 radical (unpaired) electrons. The standard InChI is InChI=1S/C18H22N4O3Se/c23-17(21-15-7-3-1-4-8-15)19-11-13-26(25)14-12-20-18(24)22-16-9-5-2-6-10-16/h1-10H,11-14H2,(H2,19,21,23)(H2,20,22,24). The Kier molecular flexibility index (Phi) is 8.32. The molecule has 2 rings (SSSR count). The molecule has 0 aliphatic heterocycles. The fourth-order valence-electron chi connectivity index (χ4n) is 2.05. The molecule has 0 bridgehead atoms. The summed E-state index contributed by atoms with van der Waals surface area (Å²) in [7, 11) is 0. The maximum absolute atomic E-state index is 12.0. The summed E-state index contributed by atoms with van der Waals surface area (Å²) in [4.78, 5) is 23.4. The first-order valence-electron chi connectivity index (χ1n) is 8.18. The number of carbonyl (C=O) groups excluding carboxylic acids is 2. The van der Waals surface area contributed by atoms with E-state index < -0.39 is 13.8 Å². The van der Waals surface area contributed by atoms with Gasteiger partial charge >= 0.3 is 156 Å². The minimum absolute atomic E-state index is 0.324. The molecule has 0 spiro atoms. The van der Waals surface area contributed by atoms with E-state index in [1.54, 1.807) is 24.3 Å². The molecule has 8 heteroatoms. The van der Waals surface area contributed by atoms with Crippen LogP contribution in [0.15, 0.2) is 60.7 Å². The first kappa shape index (κ1) is 19.6. The summed E-state index contributed by atoms with van der Waals surface area (Å²) in [5.41, 5.74) is 1.40. The Bertz CT molecular complexity index is 664. The van der Waals surface area contributed by atoms with Gasteiger partial charge in [-0.3, -0.25) is 0 Å². The second kappa shape index (κ2) is 11.0. The molecule has 0 unspecified atom stereocenters. The van der Waals surface area contributed by atoms with Crippen molar-refractivity contribution in [2.45, 2.75) is 10.6 Å². The first-order valence-corrected chi connectivity index (χ1v) is 11.3. The average Bonchev–Trinajstić information content (AvgIpc) is 2.63. The van der Waals surface area contributed by atoms with Crippen molar-refractivity contribution in [2.75, 3.05) is 23.7 Å². The molecule has 0 aromatic heterocycles. The first-order chi connectivity index (χ1) is 12.6. The molecular formula is C18H22N4O3Se. The van der Waals surface area contributed by atoms with Crippen molar-refractivity contribution in [1.29, 1.82) is 0 Å². The molecule has 0 saturated carbocycles. The molecule has 0 saturated heterocycles. The molecule has 0 heterocycles. The van der Waals surface area contributed by atoms with Crippen molar-refractivity contribution in [1.82, 2.24) is 10.6 Å². The number of urea groups is 2. The number of carbonyl (C=O) groups is 2. The molecule has 0 fully saturated rings. The Labute approximate surface area is 156 Å². The third-order valence-corrected chi connectivity index (χ3v) is 6.06. The summed E-state index contributed by atoms with van der Waals surface area (Å²) in [6.45, 7) is 0.673. The monoisotopic (exact) mass is 422 g/mol. The van der Waals surface area contributed by atoms with Crippen LogP contribution in [0.25, 0.3) is 0 Å². The summed E-state index contributed by atoms with van der Waals surface area (Å²) in [5.74, 6) is 0. The minimum atomic E-state index is -2.09. The number of hydrogen-bond acceptors (Lipinski definition) is 3. The van der Waals surface area contributed by atoms with E-state index in [1.165, 1.54) is 0 Å². The molecule has 0 aliphatic rings. The zero-order chi connectivity index (χ0) is 18.6. The Balaban J connectivity index is 1.54. The normalized spacial score (nSPS) is 10.2. The Morgan fingerprint density at radius 1 is 0.692 bits per heavy atom. The Morgan fingerprint density at radius 3 is 1.46 bits per heavy atom. The van der Waals surface area contributed by atoms with Gasteiger partial charge in [0, 0.05) is 0 Å². The van der Waals surface area contributed by atoms with Gasteiger partial charge in [0.25, 0.3) is 0 Å². The van der Waals surface area contributed by atoms with Gasteiger partial charge in [-0.15, -0.1) is 0 Å². The van der Waals surface area contributed by atoms with Crippen molar-refractivity contribution >= 4 is 37.3 Å². The van der Waals surface area contributed by atoms with Gasteiger partial charge in [0.05, 0.1) is 0 Å². The van der Waals surface area contributed by atoms with Crippen LogP contribution >= 0.6 is 0 Å². The van der Waals surface area contributed by atoms with Crippen LogP contribution in [0.1, 0.15) is 0 Å². The van der Waals surface area contributed by atoms with E-state index in [0.29, 0.717) is 35.1 Å². The van der Waals surface area contributed by atoms with E-state index in [0.717, 1.165) is 0 Å². The molecule has 26 heavy (non-hydrogen) atoms. The fourth-order valence-corrected chi connectivity index (χ4v) is 3.86. The van der Waals surface area contributed by atoms with Crippen molar-refractivity contribution < 1.29 is 13.4 Å². The van der Waals surface area contributed by atoms with E-state index in [4.69, 9.17) is 0 Å². The number of hydrogen-bond donors (Lipinski definition) is 4. The summed E-state index contributed by atoms with van der Waals surface area (Å²) >= 11 is -2.09. The van der Waals surface area contributed by atoms with Crippen LogP contribution in [0.4, 0.5) is 21.0 Å². The Morgan fingerprint density at radius 2 is 1.08 bits per heavy atom. The third-order valence-electron chi connectivity index (χ3n) is 3.29. The van der Waals surface area contributed by atoms with Crippen LogP contribution in [-0.4, -0.2) is 39.0 Å². The average molecular weight is 421 g/mol. The number of para-hydroxylation sites is 2. The topological polar surface area (TPSA) is 99.3 Å². The molecule has 4 N–H and O–H groups in total. The van der Waals surface area contributed by atoms with E-state index in [2.05, 4.69) is 21.3 Å². The Hall–Kier alpha value is -2.70. The third kappa shape index (κ3) is 7.92. The second-order valence-electron chi connectivity index (χ2n) is 5.34. The zero-order valence-corrected chi connectivity index (χ0v) is 15.9. The predicted molar refractivity (Wildman–Crippen MR) is 103 cm³/mol. The van der Waals surface area contributed by atoms with E-state index in [-0.39, 0.29) is 12.1 Å². The van der Waals surface area contributed by atoms with Gasteiger partial charge in [-0.05, 0) is 0 Å². The van der Waals surface area contributed by atoms with Crippen LogP contribution in [0, 0.1) is 0 Å². The van der Waals surface area contributed by atoms with E-state index in [9.17, 15) is 13.4 Å². The van der Waals surface area contributed by atoms with Gasteiger partial charge in [0.1, 0.15) is 0 Å². The predicted octanol–water partition coefficient (Wildman–Crippen LogP) is 3.05. The fraction of sp³-hybridized carbons (Fsp3) is 0.222. The second-order valence-corrected chi connectivity index (χ2v) is 8.90. The summed E-state index contributed by atoms with van der Waals surface area (Å²) in [6.07, 6.45) is 0. The van der Waals surface area contributed by atoms with Crippen molar-refractivity contribution in [2.24, 2.45) is 0 Å². The van der Waals surface area contributed by atoms with Gasteiger partial charge in [-0.2, -0.15) is 0 Å². The number of benzene rings is 2. The molecular weight excluding hydrogens is 399 g/mol. The van der Waals surface area contributed by atoms with Crippen molar-refractivity contribution in [3.05, 3.63) is 60.7 Å².